The molecule has 0 unspecified atom stereocenters. The smallest absolute Gasteiger partial charge is 0.317 e. The largest absolute Gasteiger partial charge is 0.439 e. The number of amides is 2. The van der Waals surface area contributed by atoms with Crippen molar-refractivity contribution in [3.63, 3.8) is 0 Å². The molecule has 7 heteroatoms. The Bertz CT molecular complexity index is 1070. The van der Waals surface area contributed by atoms with Crippen molar-refractivity contribution >= 4 is 6.03 Å². The predicted molar refractivity (Wildman–Crippen MR) is 128 cm³/mol. The van der Waals surface area contributed by atoms with Crippen molar-refractivity contribution in [1.82, 2.24) is 20.0 Å². The molecule has 1 fully saturated rings. The summed E-state index contributed by atoms with van der Waals surface area (Å²) in [5, 5.41) is 7.74. The zero-order valence-corrected chi connectivity index (χ0v) is 19.6. The zero-order valence-electron chi connectivity index (χ0n) is 19.6. The molecule has 174 valence electrons. The minimum absolute atomic E-state index is 0.0468. The number of carbonyl (C=O) groups is 1. The molecule has 0 saturated carbocycles. The van der Waals surface area contributed by atoms with E-state index in [0.717, 1.165) is 47.6 Å². The second-order valence-electron chi connectivity index (χ2n) is 8.39. The summed E-state index contributed by atoms with van der Waals surface area (Å²) in [5.74, 6) is 1.36. The maximum absolute atomic E-state index is 13.0. The molecule has 33 heavy (non-hydrogen) atoms. The highest BCUT2D eigenvalue weighted by Gasteiger charge is 2.27. The predicted octanol–water partition coefficient (Wildman–Crippen LogP) is 4.90. The molecule has 2 aromatic carbocycles. The molecule has 2 amide bonds. The van der Waals surface area contributed by atoms with Gasteiger partial charge in [0.15, 0.2) is 0 Å². The summed E-state index contributed by atoms with van der Waals surface area (Å²) in [4.78, 5) is 14.8. The Balaban J connectivity index is 1.73. The summed E-state index contributed by atoms with van der Waals surface area (Å²) in [6, 6.07) is 17.8. The lowest BCUT2D eigenvalue weighted by molar-refractivity contribution is 0.0794. The van der Waals surface area contributed by atoms with E-state index < -0.39 is 0 Å². The molecule has 1 saturated heterocycles. The number of nitrogens with one attached hydrogen (secondary N) is 1. The standard InChI is InChI=1S/C26H32N4O3/c1-4-27-26(31)30(17-22-14-9-15-32-22)18-23-24(20-11-6-5-7-12-20)28-29(3)25(23)33-21-13-8-10-19(2)16-21/h5-8,10-13,16,22H,4,9,14-15,17-18H2,1-3H3,(H,27,31)/t22-/m1/s1. The van der Waals surface area contributed by atoms with Gasteiger partial charge in [-0.1, -0.05) is 42.5 Å². The first kappa shape index (κ1) is 22.9. The lowest BCUT2D eigenvalue weighted by Crippen LogP contribution is -2.43. The van der Waals surface area contributed by atoms with Gasteiger partial charge in [0.2, 0.25) is 5.88 Å². The maximum atomic E-state index is 13.0. The molecule has 4 rings (SSSR count). The molecule has 2 heterocycles. The van der Waals surface area contributed by atoms with Crippen LogP contribution in [0.4, 0.5) is 4.79 Å². The van der Waals surface area contributed by atoms with Crippen molar-refractivity contribution < 1.29 is 14.3 Å². The Labute approximate surface area is 195 Å². The number of nitrogens with zero attached hydrogens (tertiary/aromatic N) is 3. The Morgan fingerprint density at radius 3 is 2.76 bits per heavy atom. The molecule has 3 aromatic rings. The SMILES string of the molecule is CCNC(=O)N(Cc1c(-c2ccccc2)nn(C)c1Oc1cccc(C)c1)C[C@H]1CCCO1. The number of carbonyl (C=O) groups excluding carboxylic acids is 1. The molecule has 1 N–H and O–H groups in total. The Morgan fingerprint density at radius 1 is 1.24 bits per heavy atom. The highest BCUT2D eigenvalue weighted by atomic mass is 16.5. The monoisotopic (exact) mass is 448 g/mol. The fourth-order valence-electron chi connectivity index (χ4n) is 4.15. The lowest BCUT2D eigenvalue weighted by atomic mass is 10.1. The van der Waals surface area contributed by atoms with Gasteiger partial charge in [0.1, 0.15) is 11.4 Å². The average molecular weight is 449 g/mol. The van der Waals surface area contributed by atoms with Gasteiger partial charge in [-0.15, -0.1) is 0 Å². The first-order valence-electron chi connectivity index (χ1n) is 11.6. The fourth-order valence-corrected chi connectivity index (χ4v) is 4.15. The number of aryl methyl sites for hydroxylation is 2. The van der Waals surface area contributed by atoms with Crippen LogP contribution in [-0.2, 0) is 18.3 Å². The number of benzene rings is 2. The lowest BCUT2D eigenvalue weighted by Gasteiger charge is -2.26. The van der Waals surface area contributed by atoms with Crippen LogP contribution in [0.25, 0.3) is 11.3 Å². The Kier molecular flexibility index (Phi) is 7.29. The van der Waals surface area contributed by atoms with E-state index in [1.807, 2.05) is 80.4 Å². The van der Waals surface area contributed by atoms with Crippen molar-refractivity contribution in [2.75, 3.05) is 19.7 Å². The van der Waals surface area contributed by atoms with Crippen molar-refractivity contribution in [2.45, 2.75) is 39.3 Å². The van der Waals surface area contributed by atoms with Crippen LogP contribution >= 0.6 is 0 Å². The number of ether oxygens (including phenoxy) is 2. The van der Waals surface area contributed by atoms with E-state index in [1.165, 1.54) is 0 Å². The molecule has 1 aliphatic rings. The van der Waals surface area contributed by atoms with Crippen molar-refractivity contribution in [1.29, 1.82) is 0 Å². The highest BCUT2D eigenvalue weighted by molar-refractivity contribution is 5.75. The van der Waals surface area contributed by atoms with E-state index >= 15 is 0 Å². The molecule has 7 nitrogen and oxygen atoms in total. The molecular formula is C26H32N4O3. The number of hydrogen-bond donors (Lipinski definition) is 1. The maximum Gasteiger partial charge on any atom is 0.317 e. The minimum atomic E-state index is -0.114. The van der Waals surface area contributed by atoms with Gasteiger partial charge in [-0.05, 0) is 44.4 Å². The topological polar surface area (TPSA) is 68.6 Å². The van der Waals surface area contributed by atoms with Crippen LogP contribution in [0.5, 0.6) is 11.6 Å². The Hall–Kier alpha value is -3.32. The molecule has 1 atom stereocenters. The highest BCUT2D eigenvalue weighted by Crippen LogP contribution is 2.34. The quantitative estimate of drug-likeness (QED) is 0.532. The summed E-state index contributed by atoms with van der Waals surface area (Å²) in [5.41, 5.74) is 3.77. The van der Waals surface area contributed by atoms with Gasteiger partial charge in [-0.2, -0.15) is 5.10 Å². The van der Waals surface area contributed by atoms with Crippen LogP contribution in [0.15, 0.2) is 54.6 Å². The first-order valence-corrected chi connectivity index (χ1v) is 11.6. The summed E-state index contributed by atoms with van der Waals surface area (Å²) in [7, 11) is 1.87. The number of hydrogen-bond acceptors (Lipinski definition) is 4. The summed E-state index contributed by atoms with van der Waals surface area (Å²) >= 11 is 0. The molecule has 0 bridgehead atoms. The molecule has 0 radical (unpaired) electrons. The van der Waals surface area contributed by atoms with Crippen LogP contribution in [0.2, 0.25) is 0 Å². The van der Waals surface area contributed by atoms with E-state index in [-0.39, 0.29) is 12.1 Å². The third-order valence-electron chi connectivity index (χ3n) is 5.75. The van der Waals surface area contributed by atoms with Gasteiger partial charge >= 0.3 is 6.03 Å². The van der Waals surface area contributed by atoms with E-state index in [9.17, 15) is 4.79 Å². The second-order valence-corrected chi connectivity index (χ2v) is 8.39. The zero-order chi connectivity index (χ0) is 23.2. The number of rotatable bonds is 8. The minimum Gasteiger partial charge on any atom is -0.439 e. The molecule has 0 aliphatic carbocycles. The van der Waals surface area contributed by atoms with Crippen molar-refractivity contribution in [3.05, 3.63) is 65.7 Å². The summed E-state index contributed by atoms with van der Waals surface area (Å²) in [6.45, 7) is 6.16. The van der Waals surface area contributed by atoms with Crippen LogP contribution in [-0.4, -0.2) is 46.5 Å². The number of aromatic nitrogens is 2. The van der Waals surface area contributed by atoms with Gasteiger partial charge in [-0.3, -0.25) is 0 Å². The van der Waals surface area contributed by atoms with Gasteiger partial charge in [0, 0.05) is 32.3 Å². The number of urea groups is 1. The third kappa shape index (κ3) is 5.54. The molecule has 1 aliphatic heterocycles. The van der Waals surface area contributed by atoms with Crippen LogP contribution in [0.3, 0.4) is 0 Å². The van der Waals surface area contributed by atoms with Crippen LogP contribution in [0.1, 0.15) is 30.9 Å². The fraction of sp³-hybridized carbons (Fsp3) is 0.385. The average Bonchev–Trinajstić information content (AvgIpc) is 3.43. The van der Waals surface area contributed by atoms with E-state index in [1.54, 1.807) is 4.68 Å². The Morgan fingerprint density at radius 2 is 2.06 bits per heavy atom. The van der Waals surface area contributed by atoms with E-state index in [2.05, 4.69) is 5.32 Å². The summed E-state index contributed by atoms with van der Waals surface area (Å²) < 4.78 is 13.9. The molecule has 0 spiro atoms. The van der Waals surface area contributed by atoms with Gasteiger partial charge < -0.3 is 19.7 Å². The first-order chi connectivity index (χ1) is 16.0. The second kappa shape index (κ2) is 10.5. The third-order valence-corrected chi connectivity index (χ3v) is 5.75. The van der Waals surface area contributed by atoms with Gasteiger partial charge in [-0.25, -0.2) is 9.48 Å². The summed E-state index contributed by atoms with van der Waals surface area (Å²) in [6.07, 6.45) is 2.03. The normalized spacial score (nSPS) is 15.4. The van der Waals surface area contributed by atoms with Crippen LogP contribution in [0, 0.1) is 6.92 Å². The van der Waals surface area contributed by atoms with E-state index in [0.29, 0.717) is 25.5 Å². The van der Waals surface area contributed by atoms with Gasteiger partial charge in [0.25, 0.3) is 0 Å². The molecular weight excluding hydrogens is 416 g/mol. The van der Waals surface area contributed by atoms with Crippen LogP contribution < -0.4 is 10.1 Å². The van der Waals surface area contributed by atoms with Gasteiger partial charge in [0.05, 0.1) is 18.2 Å². The molecule has 1 aromatic heterocycles. The van der Waals surface area contributed by atoms with Crippen molar-refractivity contribution in [3.8, 4) is 22.9 Å². The van der Waals surface area contributed by atoms with E-state index in [4.69, 9.17) is 14.6 Å². The van der Waals surface area contributed by atoms with Crippen molar-refractivity contribution in [2.24, 2.45) is 7.05 Å².